The molecule has 1 aliphatic carbocycles. The third kappa shape index (κ3) is 4.45. The number of pyridine rings is 1. The fourth-order valence-electron chi connectivity index (χ4n) is 3.56. The van der Waals surface area contributed by atoms with E-state index in [4.69, 9.17) is 11.6 Å². The third-order valence-corrected chi connectivity index (χ3v) is 5.81. The molecule has 1 fully saturated rings. The van der Waals surface area contributed by atoms with Crippen LogP contribution < -0.4 is 10.6 Å². The Bertz CT molecular complexity index is 1160. The van der Waals surface area contributed by atoms with Gasteiger partial charge < -0.3 is 15.7 Å². The summed E-state index contributed by atoms with van der Waals surface area (Å²) in [4.78, 5) is 29.1. The molecular weight excluding hydrogens is 430 g/mol. The molecule has 3 N–H and O–H groups in total. The minimum Gasteiger partial charge on any atom is -0.507 e. The molecule has 0 bridgehead atoms. The maximum absolute atomic E-state index is 12.7. The second-order valence-corrected chi connectivity index (χ2v) is 8.11. The molecule has 2 amide bonds. The zero-order chi connectivity index (χ0) is 22.7. The van der Waals surface area contributed by atoms with Crippen molar-refractivity contribution >= 4 is 29.2 Å². The van der Waals surface area contributed by atoms with Gasteiger partial charge in [-0.25, -0.2) is 9.78 Å². The largest absolute Gasteiger partial charge is 0.507 e. The van der Waals surface area contributed by atoms with Crippen molar-refractivity contribution in [1.82, 2.24) is 20.1 Å². The molecule has 8 nitrogen and oxygen atoms in total. The van der Waals surface area contributed by atoms with Crippen molar-refractivity contribution in [3.8, 4) is 17.0 Å². The number of aromatic hydroxyl groups is 1. The van der Waals surface area contributed by atoms with E-state index in [0.29, 0.717) is 23.5 Å². The van der Waals surface area contributed by atoms with E-state index < -0.39 is 5.91 Å². The van der Waals surface area contributed by atoms with E-state index in [9.17, 15) is 14.7 Å². The number of anilines is 1. The van der Waals surface area contributed by atoms with E-state index >= 15 is 0 Å². The van der Waals surface area contributed by atoms with Crippen LogP contribution in [0.2, 0.25) is 5.15 Å². The smallest absolute Gasteiger partial charge is 0.342 e. The molecule has 0 radical (unpaired) electrons. The van der Waals surface area contributed by atoms with Gasteiger partial charge in [0.2, 0.25) is 0 Å². The molecule has 1 aromatic carbocycles. The van der Waals surface area contributed by atoms with Crippen LogP contribution in [0.3, 0.4) is 0 Å². The van der Waals surface area contributed by atoms with Gasteiger partial charge in [-0.05, 0) is 55.7 Å². The first-order valence-electron chi connectivity index (χ1n) is 10.6. The van der Waals surface area contributed by atoms with Gasteiger partial charge >= 0.3 is 6.03 Å². The molecule has 0 saturated heterocycles. The summed E-state index contributed by atoms with van der Waals surface area (Å²) in [6, 6.07) is 9.45. The number of phenols is 1. The summed E-state index contributed by atoms with van der Waals surface area (Å²) in [5.41, 5.74) is 2.41. The van der Waals surface area contributed by atoms with Gasteiger partial charge in [-0.15, -0.1) is 0 Å². The van der Waals surface area contributed by atoms with Crippen LogP contribution in [-0.2, 0) is 0 Å². The standard InChI is InChI=1S/C23H24ClN5O3/c1-2-10-26-23(32)29-19(14-5-3-6-14)13-18(28-29)17-12-15(8-9-20(17)30)27-22(31)16-7-4-11-25-21(16)24/h4,7-9,11-14,30H,2-3,5-6,10H2,1H3,(H,26,32)(H,27,31). The first-order valence-corrected chi connectivity index (χ1v) is 11.0. The SMILES string of the molecule is CCCNC(=O)n1nc(-c2cc(NC(=O)c3cccnc3Cl)ccc2O)cc1C1CCC1. The number of aromatic nitrogens is 3. The second-order valence-electron chi connectivity index (χ2n) is 7.75. The Balaban J connectivity index is 1.64. The number of rotatable bonds is 6. The van der Waals surface area contributed by atoms with E-state index in [-0.39, 0.29) is 28.4 Å². The zero-order valence-corrected chi connectivity index (χ0v) is 18.4. The normalized spacial score (nSPS) is 13.4. The lowest BCUT2D eigenvalue weighted by atomic mass is 9.82. The number of carbonyl (C=O) groups excluding carboxylic acids is 2. The van der Waals surface area contributed by atoms with E-state index in [1.807, 2.05) is 13.0 Å². The van der Waals surface area contributed by atoms with Crippen molar-refractivity contribution in [3.63, 3.8) is 0 Å². The summed E-state index contributed by atoms with van der Waals surface area (Å²) in [7, 11) is 0. The first-order chi connectivity index (χ1) is 15.5. The van der Waals surface area contributed by atoms with Crippen LogP contribution in [0.1, 0.15) is 54.6 Å². The molecule has 9 heteroatoms. The summed E-state index contributed by atoms with van der Waals surface area (Å²) in [5, 5.41) is 20.7. The predicted molar refractivity (Wildman–Crippen MR) is 122 cm³/mol. The number of amides is 2. The maximum atomic E-state index is 12.7. The van der Waals surface area contributed by atoms with Crippen molar-refractivity contribution in [1.29, 1.82) is 0 Å². The second kappa shape index (κ2) is 9.40. The summed E-state index contributed by atoms with van der Waals surface area (Å²) >= 11 is 6.01. The molecule has 0 spiro atoms. The van der Waals surface area contributed by atoms with Crippen LogP contribution >= 0.6 is 11.6 Å². The lowest BCUT2D eigenvalue weighted by Crippen LogP contribution is -2.32. The Kier molecular flexibility index (Phi) is 6.41. The molecule has 1 saturated carbocycles. The average molecular weight is 454 g/mol. The fraction of sp³-hybridized carbons (Fsp3) is 0.304. The highest BCUT2D eigenvalue weighted by Gasteiger charge is 2.27. The molecule has 166 valence electrons. The van der Waals surface area contributed by atoms with E-state index in [1.54, 1.807) is 24.3 Å². The monoisotopic (exact) mass is 453 g/mol. The molecule has 3 aromatic rings. The highest BCUT2D eigenvalue weighted by molar-refractivity contribution is 6.33. The number of hydrogen-bond acceptors (Lipinski definition) is 5. The number of halogens is 1. The van der Waals surface area contributed by atoms with Gasteiger partial charge in [-0.1, -0.05) is 24.9 Å². The lowest BCUT2D eigenvalue weighted by molar-refractivity contribution is 0.102. The molecule has 2 aromatic heterocycles. The molecule has 0 unspecified atom stereocenters. The van der Waals surface area contributed by atoms with Gasteiger partial charge in [0.05, 0.1) is 17.0 Å². The molecule has 1 aliphatic rings. The van der Waals surface area contributed by atoms with Gasteiger partial charge in [0, 0.05) is 29.9 Å². The van der Waals surface area contributed by atoms with Gasteiger partial charge in [0.25, 0.3) is 5.91 Å². The number of phenolic OH excluding ortho intramolecular Hbond substituents is 1. The van der Waals surface area contributed by atoms with Gasteiger partial charge in [0.15, 0.2) is 0 Å². The van der Waals surface area contributed by atoms with Crippen molar-refractivity contribution in [2.45, 2.75) is 38.5 Å². The first kappa shape index (κ1) is 21.8. The highest BCUT2D eigenvalue weighted by atomic mass is 35.5. The Hall–Kier alpha value is -3.39. The van der Waals surface area contributed by atoms with Gasteiger partial charge in [-0.3, -0.25) is 4.79 Å². The molecule has 4 rings (SSSR count). The quantitative estimate of drug-likeness (QED) is 0.367. The lowest BCUT2D eigenvalue weighted by Gasteiger charge is -2.25. The van der Waals surface area contributed by atoms with Gasteiger partial charge in [-0.2, -0.15) is 9.78 Å². The van der Waals surface area contributed by atoms with Crippen LogP contribution in [0, 0.1) is 0 Å². The number of nitrogens with one attached hydrogen (secondary N) is 2. The van der Waals surface area contributed by atoms with Crippen molar-refractivity contribution in [2.75, 3.05) is 11.9 Å². The van der Waals surface area contributed by atoms with E-state index in [0.717, 1.165) is 31.4 Å². The minimum absolute atomic E-state index is 0.00110. The maximum Gasteiger partial charge on any atom is 0.342 e. The molecular formula is C23H24ClN5O3. The minimum atomic E-state index is -0.417. The summed E-state index contributed by atoms with van der Waals surface area (Å²) in [6.07, 6.45) is 5.44. The summed E-state index contributed by atoms with van der Waals surface area (Å²) < 4.78 is 1.40. The van der Waals surface area contributed by atoms with Crippen LogP contribution in [0.5, 0.6) is 5.75 Å². The molecule has 32 heavy (non-hydrogen) atoms. The van der Waals surface area contributed by atoms with E-state index in [2.05, 4.69) is 20.7 Å². The molecule has 0 atom stereocenters. The Labute approximate surface area is 190 Å². The van der Waals surface area contributed by atoms with Gasteiger partial charge in [0.1, 0.15) is 10.9 Å². The fourth-order valence-corrected chi connectivity index (χ4v) is 3.77. The summed E-state index contributed by atoms with van der Waals surface area (Å²) in [5.74, 6) is -0.151. The molecule has 0 aliphatic heterocycles. The van der Waals surface area contributed by atoms with Crippen molar-refractivity contribution in [2.24, 2.45) is 0 Å². The van der Waals surface area contributed by atoms with E-state index in [1.165, 1.54) is 16.9 Å². The highest BCUT2D eigenvalue weighted by Crippen LogP contribution is 2.39. The third-order valence-electron chi connectivity index (χ3n) is 5.51. The van der Waals surface area contributed by atoms with Crippen LogP contribution in [0.4, 0.5) is 10.5 Å². The van der Waals surface area contributed by atoms with Crippen molar-refractivity contribution < 1.29 is 14.7 Å². The number of carbonyl (C=O) groups is 2. The zero-order valence-electron chi connectivity index (χ0n) is 17.6. The number of benzene rings is 1. The topological polar surface area (TPSA) is 109 Å². The Morgan fingerprint density at radius 1 is 1.25 bits per heavy atom. The molecule has 2 heterocycles. The van der Waals surface area contributed by atoms with Crippen LogP contribution in [0.25, 0.3) is 11.3 Å². The van der Waals surface area contributed by atoms with Crippen LogP contribution in [-0.4, -0.2) is 38.4 Å². The number of nitrogens with zero attached hydrogens (tertiary/aromatic N) is 3. The Morgan fingerprint density at radius 3 is 2.75 bits per heavy atom. The summed E-state index contributed by atoms with van der Waals surface area (Å²) in [6.45, 7) is 2.54. The predicted octanol–water partition coefficient (Wildman–Crippen LogP) is 4.79. The average Bonchev–Trinajstić information content (AvgIpc) is 3.17. The Morgan fingerprint density at radius 2 is 2.06 bits per heavy atom. The van der Waals surface area contributed by atoms with Crippen LogP contribution in [0.15, 0.2) is 42.6 Å². The number of hydrogen-bond donors (Lipinski definition) is 3. The van der Waals surface area contributed by atoms with Crippen molar-refractivity contribution in [3.05, 3.63) is 59.0 Å².